The number of rotatable bonds is 7. The van der Waals surface area contributed by atoms with Gasteiger partial charge in [0.25, 0.3) is 16.4 Å². The molecule has 0 fully saturated rings. The third-order valence-corrected chi connectivity index (χ3v) is 9.35. The van der Waals surface area contributed by atoms with E-state index in [1.165, 1.54) is 18.3 Å². The van der Waals surface area contributed by atoms with Crippen molar-refractivity contribution in [3.8, 4) is 33.5 Å². The van der Waals surface area contributed by atoms with Gasteiger partial charge in [0.1, 0.15) is 0 Å². The highest BCUT2D eigenvalue weighted by Gasteiger charge is 2.30. The van der Waals surface area contributed by atoms with Crippen LogP contribution in [-0.4, -0.2) is 28.5 Å². The molecule has 0 aliphatic heterocycles. The molecule has 2 aromatic heterocycles. The number of carboxylic acids is 1. The number of nitrogens with zero attached hydrogens (tertiary/aromatic N) is 3. The van der Waals surface area contributed by atoms with Crippen LogP contribution < -0.4 is 0 Å². The molecule has 1 N–H and O–H groups in total. The van der Waals surface area contributed by atoms with Gasteiger partial charge in [-0.2, -0.15) is 0 Å². The molecule has 0 radical (unpaired) electrons. The highest BCUT2D eigenvalue weighted by Crippen LogP contribution is 2.46. The van der Waals surface area contributed by atoms with Gasteiger partial charge in [-0.3, -0.25) is 4.98 Å². The number of fused-ring (bicyclic) bond motifs is 1. The number of hydrogen-bond donors (Lipinski definition) is 1. The van der Waals surface area contributed by atoms with Crippen molar-refractivity contribution in [3.05, 3.63) is 137 Å². The van der Waals surface area contributed by atoms with Crippen LogP contribution >= 0.6 is 11.6 Å². The molecule has 0 bridgehead atoms. The van der Waals surface area contributed by atoms with Crippen LogP contribution in [0.15, 0.2) is 114 Å². The fourth-order valence-electron chi connectivity index (χ4n) is 5.24. The van der Waals surface area contributed by atoms with Crippen molar-refractivity contribution in [1.29, 1.82) is 0 Å². The number of para-hydroxylation sites is 1. The van der Waals surface area contributed by atoms with Crippen LogP contribution in [0.25, 0.3) is 49.4 Å². The third kappa shape index (κ3) is 5.22. The van der Waals surface area contributed by atoms with Crippen molar-refractivity contribution in [2.75, 3.05) is 0 Å². The Bertz CT molecular complexity index is 2280. The van der Waals surface area contributed by atoms with Crippen molar-refractivity contribution in [2.45, 2.75) is 11.3 Å². The van der Waals surface area contributed by atoms with Crippen LogP contribution in [0.4, 0.5) is 14.5 Å². The number of hydrogen-bond acceptors (Lipinski definition) is 4. The summed E-state index contributed by atoms with van der Waals surface area (Å²) in [7, 11) is -4.43. The Morgan fingerprint density at radius 3 is 2.31 bits per heavy atom. The van der Waals surface area contributed by atoms with Gasteiger partial charge in [0.05, 0.1) is 33.8 Å². The second-order valence-corrected chi connectivity index (χ2v) is 12.1. The largest absolute Gasteiger partial charge is 0.478 e. The zero-order valence-electron chi connectivity index (χ0n) is 23.0. The maximum atomic E-state index is 14.4. The highest BCUT2D eigenvalue weighted by molar-refractivity contribution is 7.90. The lowest BCUT2D eigenvalue weighted by Gasteiger charge is -2.16. The lowest BCUT2D eigenvalue weighted by Crippen LogP contribution is -2.14. The minimum atomic E-state index is -4.43. The predicted molar refractivity (Wildman–Crippen MR) is 168 cm³/mol. The molecule has 11 heteroatoms. The molecule has 4 aromatic carbocycles. The van der Waals surface area contributed by atoms with E-state index in [9.17, 15) is 27.1 Å². The molecule has 6 aromatic rings. The molecule has 7 nitrogen and oxygen atoms in total. The number of benzene rings is 4. The second-order valence-electron chi connectivity index (χ2n) is 9.94. The van der Waals surface area contributed by atoms with Gasteiger partial charge in [-0.25, -0.2) is 30.8 Å². The first-order chi connectivity index (χ1) is 21.6. The van der Waals surface area contributed by atoms with Crippen LogP contribution in [0.1, 0.15) is 22.3 Å². The molecule has 0 unspecified atom stereocenters. The predicted octanol–water partition coefficient (Wildman–Crippen LogP) is 9.11. The molecule has 0 spiro atoms. The van der Waals surface area contributed by atoms with Crippen LogP contribution in [0.2, 0.25) is 5.02 Å². The normalized spacial score (nSPS) is 11.5. The Hall–Kier alpha value is -5.37. The first-order valence-corrected chi connectivity index (χ1v) is 15.2. The molecule has 0 saturated heterocycles. The van der Waals surface area contributed by atoms with Crippen molar-refractivity contribution in [3.63, 3.8) is 0 Å². The molecular formula is C34H20ClF2N3O4S. The number of carbonyl (C=O) groups is 1. The minimum absolute atomic E-state index is 0.00750. The van der Waals surface area contributed by atoms with Crippen LogP contribution in [0, 0.1) is 6.57 Å². The molecule has 0 atom stereocenters. The summed E-state index contributed by atoms with van der Waals surface area (Å²) in [4.78, 5) is 19.5. The molecule has 0 aliphatic carbocycles. The lowest BCUT2D eigenvalue weighted by molar-refractivity contribution is 0.0697. The average molecular weight is 640 g/mol. The van der Waals surface area contributed by atoms with Gasteiger partial charge < -0.3 is 5.11 Å². The van der Waals surface area contributed by atoms with E-state index in [1.54, 1.807) is 66.7 Å². The number of carboxylic acid groups (broad SMARTS) is 1. The molecule has 6 rings (SSSR count). The van der Waals surface area contributed by atoms with Crippen LogP contribution in [0.3, 0.4) is 0 Å². The van der Waals surface area contributed by atoms with E-state index in [0.717, 1.165) is 28.2 Å². The first kappa shape index (κ1) is 29.7. The first-order valence-electron chi connectivity index (χ1n) is 13.4. The van der Waals surface area contributed by atoms with Gasteiger partial charge in [0.15, 0.2) is 5.69 Å². The minimum Gasteiger partial charge on any atom is -0.478 e. The van der Waals surface area contributed by atoms with Gasteiger partial charge in [0, 0.05) is 33.5 Å². The molecular weight excluding hydrogens is 620 g/mol. The van der Waals surface area contributed by atoms with Crippen molar-refractivity contribution in [1.82, 2.24) is 8.96 Å². The van der Waals surface area contributed by atoms with Crippen molar-refractivity contribution in [2.24, 2.45) is 0 Å². The molecule has 0 amide bonds. The van der Waals surface area contributed by atoms with Crippen LogP contribution in [-0.2, 0) is 10.0 Å². The SMILES string of the molecule is [C-]#[N+]c1ccccc1-c1c(-c2cccc(-c3ccc(C(=O)O)cc3Cl)c2)n(S(=O)(=O)c2ccc(C(F)F)cc2)c2cccnc12. The summed E-state index contributed by atoms with van der Waals surface area (Å²) < 4.78 is 56.6. The summed E-state index contributed by atoms with van der Waals surface area (Å²) in [5.41, 5.74) is 3.01. The standard InChI is InChI=1S/C34H20ClF2N3O4S/c1-38-28-9-3-2-8-26(28)30-31-29(10-5-17-39-31)40(45(43,44)24-14-11-20(12-15-24)33(36)37)32(30)22-7-4-6-21(18-22)25-16-13-23(34(41)42)19-27(25)35/h2-19,33H,(H,41,42). The summed E-state index contributed by atoms with van der Waals surface area (Å²) in [5.74, 6) is -1.14. The maximum absolute atomic E-state index is 14.4. The van der Waals surface area contributed by atoms with E-state index in [0.29, 0.717) is 33.3 Å². The summed E-state index contributed by atoms with van der Waals surface area (Å²) >= 11 is 6.50. The van der Waals surface area contributed by atoms with E-state index >= 15 is 0 Å². The Morgan fingerprint density at radius 2 is 1.62 bits per heavy atom. The number of alkyl halides is 2. The zero-order valence-corrected chi connectivity index (χ0v) is 24.6. The van der Waals surface area contributed by atoms with Gasteiger partial charge in [-0.15, -0.1) is 0 Å². The number of aromatic carboxylic acids is 1. The monoisotopic (exact) mass is 639 g/mol. The summed E-state index contributed by atoms with van der Waals surface area (Å²) in [6, 6.07) is 25.5. The molecule has 2 heterocycles. The third-order valence-electron chi connectivity index (χ3n) is 7.31. The quantitative estimate of drug-likeness (QED) is 0.176. The van der Waals surface area contributed by atoms with Gasteiger partial charge >= 0.3 is 5.97 Å². The Balaban J connectivity index is 1.69. The molecule has 222 valence electrons. The topological polar surface area (TPSA) is 93.6 Å². The van der Waals surface area contributed by atoms with Crippen molar-refractivity contribution < 1.29 is 27.1 Å². The summed E-state index contributed by atoms with van der Waals surface area (Å²) in [5, 5.41) is 9.55. The van der Waals surface area contributed by atoms with E-state index < -0.39 is 22.4 Å². The Kier molecular flexibility index (Phi) is 7.66. The van der Waals surface area contributed by atoms with Crippen molar-refractivity contribution >= 4 is 44.3 Å². The average Bonchev–Trinajstić information content (AvgIpc) is 3.40. The van der Waals surface area contributed by atoms with E-state index in [-0.39, 0.29) is 37.9 Å². The highest BCUT2D eigenvalue weighted by atomic mass is 35.5. The summed E-state index contributed by atoms with van der Waals surface area (Å²) in [6.07, 6.45) is -1.25. The summed E-state index contributed by atoms with van der Waals surface area (Å²) in [6.45, 7) is 7.82. The fourth-order valence-corrected chi connectivity index (χ4v) is 7.07. The second kappa shape index (κ2) is 11.6. The maximum Gasteiger partial charge on any atom is 0.335 e. The molecule has 0 aliphatic rings. The number of halogens is 3. The smallest absolute Gasteiger partial charge is 0.335 e. The number of pyridine rings is 1. The van der Waals surface area contributed by atoms with E-state index in [2.05, 4.69) is 9.83 Å². The van der Waals surface area contributed by atoms with Crippen LogP contribution in [0.5, 0.6) is 0 Å². The van der Waals surface area contributed by atoms with E-state index in [4.69, 9.17) is 18.2 Å². The van der Waals surface area contributed by atoms with Gasteiger partial charge in [-0.05, 0) is 53.6 Å². The Labute approximate surface area is 261 Å². The molecule has 0 saturated carbocycles. The zero-order chi connectivity index (χ0) is 31.9. The number of aromatic nitrogens is 2. The van der Waals surface area contributed by atoms with Gasteiger partial charge in [-0.1, -0.05) is 72.3 Å². The lowest BCUT2D eigenvalue weighted by atomic mass is 9.96. The Morgan fingerprint density at radius 1 is 0.889 bits per heavy atom. The fraction of sp³-hybridized carbons (Fsp3) is 0.0294. The van der Waals surface area contributed by atoms with E-state index in [1.807, 2.05) is 0 Å². The molecule has 45 heavy (non-hydrogen) atoms. The van der Waals surface area contributed by atoms with Gasteiger partial charge in [0.2, 0.25) is 0 Å².